The fourth-order valence-corrected chi connectivity index (χ4v) is 4.04. The SMILES string of the molecule is Cc1nccn1-c1cc(CNC(=O)c2ccc(CN3C[C@H](C)O[C@@H](C)C3)cc2)ccn1. The van der Waals surface area contributed by atoms with Gasteiger partial charge in [-0.1, -0.05) is 12.1 Å². The number of hydrogen-bond donors (Lipinski definition) is 1. The Morgan fingerprint density at radius 2 is 1.81 bits per heavy atom. The first kappa shape index (κ1) is 21.2. The summed E-state index contributed by atoms with van der Waals surface area (Å²) in [4.78, 5) is 23.6. The maximum atomic E-state index is 12.6. The number of nitrogens with one attached hydrogen (secondary N) is 1. The fraction of sp³-hybridized carbons (Fsp3) is 0.375. The van der Waals surface area contributed by atoms with Gasteiger partial charge in [0.15, 0.2) is 0 Å². The molecule has 0 spiro atoms. The minimum absolute atomic E-state index is 0.0858. The third kappa shape index (κ3) is 5.37. The second kappa shape index (κ2) is 9.41. The van der Waals surface area contributed by atoms with E-state index in [9.17, 15) is 4.79 Å². The van der Waals surface area contributed by atoms with E-state index in [0.717, 1.165) is 36.8 Å². The molecule has 3 aromatic rings. The summed E-state index contributed by atoms with van der Waals surface area (Å²) < 4.78 is 7.72. The smallest absolute Gasteiger partial charge is 0.251 e. The third-order valence-electron chi connectivity index (χ3n) is 5.45. The molecule has 1 saturated heterocycles. The number of rotatable bonds is 6. The Morgan fingerprint density at radius 1 is 1.06 bits per heavy atom. The number of amides is 1. The van der Waals surface area contributed by atoms with Gasteiger partial charge in [0, 0.05) is 50.3 Å². The van der Waals surface area contributed by atoms with Gasteiger partial charge in [0.25, 0.3) is 5.91 Å². The highest BCUT2D eigenvalue weighted by molar-refractivity contribution is 5.94. The topological polar surface area (TPSA) is 72.3 Å². The van der Waals surface area contributed by atoms with E-state index in [4.69, 9.17) is 4.74 Å². The molecular formula is C24H29N5O2. The Morgan fingerprint density at radius 3 is 2.48 bits per heavy atom. The van der Waals surface area contributed by atoms with Crippen LogP contribution in [0.25, 0.3) is 5.82 Å². The number of benzene rings is 1. The maximum Gasteiger partial charge on any atom is 0.251 e. The lowest BCUT2D eigenvalue weighted by Crippen LogP contribution is -2.44. The number of nitrogens with zero attached hydrogens (tertiary/aromatic N) is 4. The monoisotopic (exact) mass is 419 g/mol. The molecule has 1 aliphatic heterocycles. The van der Waals surface area contributed by atoms with Gasteiger partial charge in [0.05, 0.1) is 12.2 Å². The van der Waals surface area contributed by atoms with E-state index in [2.05, 4.69) is 34.0 Å². The Labute approximate surface area is 183 Å². The van der Waals surface area contributed by atoms with Crippen molar-refractivity contribution in [1.29, 1.82) is 0 Å². The van der Waals surface area contributed by atoms with Crippen molar-refractivity contribution in [3.05, 3.63) is 77.5 Å². The molecular weight excluding hydrogens is 390 g/mol. The standard InChI is InChI=1S/C24H29N5O2/c1-17-14-28(15-18(2)31-17)16-20-4-6-22(7-5-20)24(30)27-13-21-8-9-26-23(12-21)29-11-10-25-19(29)3/h4-12,17-18H,13-16H2,1-3H3,(H,27,30)/t17-,18-/m0/s1. The normalized spacial score (nSPS) is 19.3. The van der Waals surface area contributed by atoms with Gasteiger partial charge in [0.2, 0.25) is 0 Å². The molecule has 1 amide bonds. The van der Waals surface area contributed by atoms with Crippen LogP contribution in [0.15, 0.2) is 55.0 Å². The van der Waals surface area contributed by atoms with Crippen LogP contribution in [0.1, 0.15) is 41.2 Å². The summed E-state index contributed by atoms with van der Waals surface area (Å²) in [6.45, 7) is 9.32. The Bertz CT molecular complexity index is 1020. The molecule has 1 aliphatic rings. The van der Waals surface area contributed by atoms with E-state index in [0.29, 0.717) is 12.1 Å². The summed E-state index contributed by atoms with van der Waals surface area (Å²) in [5.41, 5.74) is 2.85. The molecule has 0 saturated carbocycles. The lowest BCUT2D eigenvalue weighted by molar-refractivity contribution is -0.0704. The molecule has 2 aromatic heterocycles. The third-order valence-corrected chi connectivity index (χ3v) is 5.45. The van der Waals surface area contributed by atoms with Crippen molar-refractivity contribution in [2.45, 2.75) is 46.1 Å². The van der Waals surface area contributed by atoms with E-state index in [-0.39, 0.29) is 18.1 Å². The number of carbonyl (C=O) groups is 1. The minimum Gasteiger partial charge on any atom is -0.373 e. The van der Waals surface area contributed by atoms with Gasteiger partial charge in [-0.05, 0) is 56.2 Å². The van der Waals surface area contributed by atoms with Crippen LogP contribution in [0.5, 0.6) is 0 Å². The minimum atomic E-state index is -0.0858. The van der Waals surface area contributed by atoms with Crippen LogP contribution < -0.4 is 5.32 Å². The van der Waals surface area contributed by atoms with Crippen molar-refractivity contribution >= 4 is 5.91 Å². The van der Waals surface area contributed by atoms with Crippen LogP contribution >= 0.6 is 0 Å². The molecule has 0 radical (unpaired) electrons. The number of morpholine rings is 1. The number of aryl methyl sites for hydroxylation is 1. The van der Waals surface area contributed by atoms with Gasteiger partial charge in [-0.15, -0.1) is 0 Å². The molecule has 1 aromatic carbocycles. The molecule has 0 aliphatic carbocycles. The maximum absolute atomic E-state index is 12.6. The number of hydrogen-bond acceptors (Lipinski definition) is 5. The highest BCUT2D eigenvalue weighted by Gasteiger charge is 2.22. The van der Waals surface area contributed by atoms with Crippen molar-refractivity contribution in [3.63, 3.8) is 0 Å². The van der Waals surface area contributed by atoms with E-state index in [1.54, 1.807) is 12.4 Å². The molecule has 7 heteroatoms. The highest BCUT2D eigenvalue weighted by atomic mass is 16.5. The zero-order chi connectivity index (χ0) is 21.8. The molecule has 1 fully saturated rings. The number of imidazole rings is 1. The van der Waals surface area contributed by atoms with Crippen molar-refractivity contribution in [1.82, 2.24) is 24.8 Å². The summed E-state index contributed by atoms with van der Waals surface area (Å²) >= 11 is 0. The molecule has 4 rings (SSSR count). The van der Waals surface area contributed by atoms with Crippen LogP contribution in [-0.2, 0) is 17.8 Å². The summed E-state index contributed by atoms with van der Waals surface area (Å²) in [6.07, 6.45) is 5.87. The molecule has 162 valence electrons. The van der Waals surface area contributed by atoms with Gasteiger partial charge in [0.1, 0.15) is 11.6 Å². The molecule has 7 nitrogen and oxygen atoms in total. The Balaban J connectivity index is 1.33. The zero-order valence-electron chi connectivity index (χ0n) is 18.3. The van der Waals surface area contributed by atoms with E-state index >= 15 is 0 Å². The molecule has 0 unspecified atom stereocenters. The van der Waals surface area contributed by atoms with Crippen LogP contribution in [0, 0.1) is 6.92 Å². The van der Waals surface area contributed by atoms with Gasteiger partial charge in [-0.3, -0.25) is 14.3 Å². The van der Waals surface area contributed by atoms with Crippen LogP contribution in [0.3, 0.4) is 0 Å². The van der Waals surface area contributed by atoms with E-state index < -0.39 is 0 Å². The lowest BCUT2D eigenvalue weighted by atomic mass is 10.1. The van der Waals surface area contributed by atoms with Gasteiger partial charge < -0.3 is 10.1 Å². The van der Waals surface area contributed by atoms with Crippen molar-refractivity contribution in [3.8, 4) is 5.82 Å². The Hall–Kier alpha value is -3.03. The molecule has 3 heterocycles. The van der Waals surface area contributed by atoms with Crippen LogP contribution in [0.4, 0.5) is 0 Å². The van der Waals surface area contributed by atoms with Crippen LogP contribution in [-0.4, -0.2) is 50.6 Å². The molecule has 2 atom stereocenters. The van der Waals surface area contributed by atoms with Crippen molar-refractivity contribution in [2.24, 2.45) is 0 Å². The number of pyridine rings is 1. The second-order valence-electron chi connectivity index (χ2n) is 8.20. The lowest BCUT2D eigenvalue weighted by Gasteiger charge is -2.35. The van der Waals surface area contributed by atoms with Gasteiger partial charge >= 0.3 is 0 Å². The first-order valence-electron chi connectivity index (χ1n) is 10.7. The van der Waals surface area contributed by atoms with Gasteiger partial charge in [-0.2, -0.15) is 0 Å². The van der Waals surface area contributed by atoms with Gasteiger partial charge in [-0.25, -0.2) is 9.97 Å². The van der Waals surface area contributed by atoms with Crippen molar-refractivity contribution in [2.75, 3.05) is 13.1 Å². The molecule has 1 N–H and O–H groups in total. The summed E-state index contributed by atoms with van der Waals surface area (Å²) in [7, 11) is 0. The first-order valence-corrected chi connectivity index (χ1v) is 10.7. The molecule has 0 bridgehead atoms. The average molecular weight is 420 g/mol. The second-order valence-corrected chi connectivity index (χ2v) is 8.20. The quantitative estimate of drug-likeness (QED) is 0.665. The number of carbonyl (C=O) groups excluding carboxylic acids is 1. The first-order chi connectivity index (χ1) is 15.0. The fourth-order valence-electron chi connectivity index (χ4n) is 4.04. The van der Waals surface area contributed by atoms with E-state index in [1.165, 1.54) is 5.56 Å². The zero-order valence-corrected chi connectivity index (χ0v) is 18.3. The number of ether oxygens (including phenoxy) is 1. The molecule has 31 heavy (non-hydrogen) atoms. The van der Waals surface area contributed by atoms with Crippen molar-refractivity contribution < 1.29 is 9.53 Å². The Kier molecular flexibility index (Phi) is 6.44. The number of aromatic nitrogens is 3. The highest BCUT2D eigenvalue weighted by Crippen LogP contribution is 2.15. The van der Waals surface area contributed by atoms with Crippen LogP contribution in [0.2, 0.25) is 0 Å². The summed E-state index contributed by atoms with van der Waals surface area (Å²) in [5, 5.41) is 3.00. The largest absolute Gasteiger partial charge is 0.373 e. The predicted octanol–water partition coefficient (Wildman–Crippen LogP) is 3.11. The predicted molar refractivity (Wildman–Crippen MR) is 119 cm³/mol. The average Bonchev–Trinajstić information content (AvgIpc) is 3.18. The van der Waals surface area contributed by atoms with E-state index in [1.807, 2.05) is 54.1 Å². The summed E-state index contributed by atoms with van der Waals surface area (Å²) in [6, 6.07) is 11.7. The summed E-state index contributed by atoms with van der Waals surface area (Å²) in [5.74, 6) is 1.57.